The van der Waals surface area contributed by atoms with Crippen LogP contribution < -0.4 is 4.90 Å². The van der Waals surface area contributed by atoms with Crippen LogP contribution in [0.2, 0.25) is 0 Å². The summed E-state index contributed by atoms with van der Waals surface area (Å²) >= 11 is 0. The normalized spacial score (nSPS) is 18.7. The van der Waals surface area contributed by atoms with E-state index in [4.69, 9.17) is 14.1 Å². The molecule has 1 atom stereocenters. The Labute approximate surface area is 133 Å². The molecule has 0 aliphatic carbocycles. The molecule has 3 aromatic rings. The van der Waals surface area contributed by atoms with Gasteiger partial charge in [0.2, 0.25) is 5.89 Å². The zero-order chi connectivity index (χ0) is 15.6. The van der Waals surface area contributed by atoms with Gasteiger partial charge in [-0.2, -0.15) is 0 Å². The van der Waals surface area contributed by atoms with Gasteiger partial charge in [-0.1, -0.05) is 17.2 Å². The van der Waals surface area contributed by atoms with Crippen LogP contribution >= 0.6 is 0 Å². The van der Waals surface area contributed by atoms with Gasteiger partial charge in [0.1, 0.15) is 12.4 Å². The second kappa shape index (κ2) is 6.00. The van der Waals surface area contributed by atoms with E-state index in [-0.39, 0.29) is 0 Å². The first kappa shape index (κ1) is 14.2. The lowest BCUT2D eigenvalue weighted by molar-refractivity contribution is 0.159. The van der Waals surface area contributed by atoms with Crippen LogP contribution in [0.5, 0.6) is 0 Å². The maximum absolute atomic E-state index is 5.65. The standard InChI is InChI=1S/C16H19N5O2/c1-22-10-14-19-20-16(23-14)21-8-4-5-11(9-21)15-17-12-6-2-3-7-13(12)18-15/h2-3,6-7,11H,4-5,8-10H2,1H3,(H,17,18). The number of aromatic nitrogens is 4. The first-order valence-electron chi connectivity index (χ1n) is 7.84. The van der Waals surface area contributed by atoms with Crippen LogP contribution in [0.1, 0.15) is 30.5 Å². The molecule has 1 aliphatic heterocycles. The van der Waals surface area contributed by atoms with Crippen molar-refractivity contribution in [3.8, 4) is 0 Å². The van der Waals surface area contributed by atoms with E-state index in [9.17, 15) is 0 Å². The van der Waals surface area contributed by atoms with Crippen molar-refractivity contribution in [1.82, 2.24) is 20.2 Å². The molecule has 7 heteroatoms. The van der Waals surface area contributed by atoms with Gasteiger partial charge in [-0.3, -0.25) is 0 Å². The van der Waals surface area contributed by atoms with E-state index in [0.717, 1.165) is 42.8 Å². The van der Waals surface area contributed by atoms with Crippen LogP contribution in [0.15, 0.2) is 28.7 Å². The number of fused-ring (bicyclic) bond motifs is 1. The average molecular weight is 313 g/mol. The fraction of sp³-hybridized carbons (Fsp3) is 0.438. The topological polar surface area (TPSA) is 80.1 Å². The van der Waals surface area contributed by atoms with E-state index in [2.05, 4.69) is 26.1 Å². The van der Waals surface area contributed by atoms with Crippen LogP contribution in [-0.4, -0.2) is 40.4 Å². The molecule has 0 bridgehead atoms. The van der Waals surface area contributed by atoms with Gasteiger partial charge >= 0.3 is 6.01 Å². The summed E-state index contributed by atoms with van der Waals surface area (Å²) in [6, 6.07) is 8.69. The Balaban J connectivity index is 1.53. The molecule has 0 saturated carbocycles. The molecule has 1 saturated heterocycles. The molecule has 7 nitrogen and oxygen atoms in total. The van der Waals surface area contributed by atoms with Gasteiger partial charge in [0.15, 0.2) is 0 Å². The van der Waals surface area contributed by atoms with Crippen LogP contribution in [-0.2, 0) is 11.3 Å². The number of rotatable bonds is 4. The highest BCUT2D eigenvalue weighted by atomic mass is 16.5. The SMILES string of the molecule is COCc1nnc(N2CCCC(c3nc4ccccc4[nH]3)C2)o1. The summed E-state index contributed by atoms with van der Waals surface area (Å²) in [4.78, 5) is 10.3. The van der Waals surface area contributed by atoms with Crippen molar-refractivity contribution < 1.29 is 9.15 Å². The van der Waals surface area contributed by atoms with Crippen LogP contribution in [0.3, 0.4) is 0 Å². The summed E-state index contributed by atoms with van der Waals surface area (Å²) in [7, 11) is 1.61. The van der Waals surface area contributed by atoms with Crippen molar-refractivity contribution >= 4 is 17.0 Å². The minimum absolute atomic E-state index is 0.341. The van der Waals surface area contributed by atoms with Crippen molar-refractivity contribution in [2.24, 2.45) is 0 Å². The lowest BCUT2D eigenvalue weighted by atomic mass is 9.98. The Hall–Kier alpha value is -2.41. The molecule has 1 aromatic carbocycles. The van der Waals surface area contributed by atoms with Gasteiger partial charge < -0.3 is 19.0 Å². The van der Waals surface area contributed by atoms with Crippen molar-refractivity contribution in [3.63, 3.8) is 0 Å². The van der Waals surface area contributed by atoms with E-state index < -0.39 is 0 Å². The fourth-order valence-corrected chi connectivity index (χ4v) is 3.09. The summed E-state index contributed by atoms with van der Waals surface area (Å²) in [6.07, 6.45) is 2.18. The molecule has 1 unspecified atom stereocenters. The quantitative estimate of drug-likeness (QED) is 0.797. The molecular formula is C16H19N5O2. The number of para-hydroxylation sites is 2. The first-order valence-corrected chi connectivity index (χ1v) is 7.84. The summed E-state index contributed by atoms with van der Waals surface area (Å²) < 4.78 is 10.7. The zero-order valence-electron chi connectivity index (χ0n) is 13.0. The Bertz CT molecular complexity index is 763. The van der Waals surface area contributed by atoms with Crippen molar-refractivity contribution in [3.05, 3.63) is 36.0 Å². The molecule has 0 spiro atoms. The van der Waals surface area contributed by atoms with Crippen LogP contribution in [0.4, 0.5) is 6.01 Å². The maximum atomic E-state index is 5.65. The van der Waals surface area contributed by atoms with Crippen molar-refractivity contribution in [2.75, 3.05) is 25.1 Å². The number of anilines is 1. The van der Waals surface area contributed by atoms with E-state index in [1.54, 1.807) is 7.11 Å². The fourth-order valence-electron chi connectivity index (χ4n) is 3.09. The number of piperidine rings is 1. The number of ether oxygens (including phenoxy) is 1. The molecule has 1 aliphatic rings. The molecule has 120 valence electrons. The Morgan fingerprint density at radius 2 is 2.26 bits per heavy atom. The monoisotopic (exact) mass is 313 g/mol. The van der Waals surface area contributed by atoms with Crippen LogP contribution in [0.25, 0.3) is 11.0 Å². The highest BCUT2D eigenvalue weighted by Gasteiger charge is 2.26. The largest absolute Gasteiger partial charge is 0.405 e. The van der Waals surface area contributed by atoms with E-state index in [1.165, 1.54) is 0 Å². The second-order valence-electron chi connectivity index (χ2n) is 5.84. The number of benzene rings is 1. The van der Waals surface area contributed by atoms with Gasteiger partial charge in [-0.05, 0) is 25.0 Å². The van der Waals surface area contributed by atoms with E-state index in [0.29, 0.717) is 24.4 Å². The van der Waals surface area contributed by atoms with Crippen molar-refractivity contribution in [1.29, 1.82) is 0 Å². The number of H-pyrrole nitrogens is 1. The minimum Gasteiger partial charge on any atom is -0.405 e. The minimum atomic E-state index is 0.341. The third-order valence-electron chi connectivity index (χ3n) is 4.21. The third kappa shape index (κ3) is 2.79. The molecule has 23 heavy (non-hydrogen) atoms. The number of nitrogens with one attached hydrogen (secondary N) is 1. The lowest BCUT2D eigenvalue weighted by Crippen LogP contribution is -2.35. The smallest absolute Gasteiger partial charge is 0.318 e. The summed E-state index contributed by atoms with van der Waals surface area (Å²) in [6.45, 7) is 2.09. The average Bonchev–Trinajstić information content (AvgIpc) is 3.22. The number of nitrogens with zero attached hydrogens (tertiary/aromatic N) is 4. The summed E-state index contributed by atoms with van der Waals surface area (Å²) in [5.41, 5.74) is 2.10. The molecule has 4 rings (SSSR count). The molecular weight excluding hydrogens is 294 g/mol. The van der Waals surface area contributed by atoms with Gasteiger partial charge in [-0.25, -0.2) is 4.98 Å². The third-order valence-corrected chi connectivity index (χ3v) is 4.21. The molecule has 0 radical (unpaired) electrons. The number of hydrogen-bond donors (Lipinski definition) is 1. The molecule has 2 aromatic heterocycles. The van der Waals surface area contributed by atoms with Crippen LogP contribution in [0, 0.1) is 0 Å². The zero-order valence-corrected chi connectivity index (χ0v) is 13.0. The highest BCUT2D eigenvalue weighted by molar-refractivity contribution is 5.74. The number of aromatic amines is 1. The number of imidazole rings is 1. The Kier molecular flexibility index (Phi) is 3.70. The molecule has 3 heterocycles. The van der Waals surface area contributed by atoms with Gasteiger partial charge in [-0.15, -0.1) is 5.10 Å². The molecule has 0 amide bonds. The van der Waals surface area contributed by atoms with E-state index in [1.807, 2.05) is 18.2 Å². The maximum Gasteiger partial charge on any atom is 0.318 e. The number of methoxy groups -OCH3 is 1. The van der Waals surface area contributed by atoms with E-state index >= 15 is 0 Å². The predicted octanol–water partition coefficient (Wildman–Crippen LogP) is 2.48. The molecule has 1 N–H and O–H groups in total. The van der Waals surface area contributed by atoms with Gasteiger partial charge in [0.05, 0.1) is 11.0 Å². The highest BCUT2D eigenvalue weighted by Crippen LogP contribution is 2.29. The predicted molar refractivity (Wildman–Crippen MR) is 85.3 cm³/mol. The second-order valence-corrected chi connectivity index (χ2v) is 5.84. The molecule has 1 fully saturated rings. The van der Waals surface area contributed by atoms with Gasteiger partial charge in [0.25, 0.3) is 0 Å². The Morgan fingerprint density at radius 3 is 3.13 bits per heavy atom. The first-order chi connectivity index (χ1) is 11.3. The summed E-state index contributed by atoms with van der Waals surface area (Å²) in [5, 5.41) is 8.13. The van der Waals surface area contributed by atoms with Gasteiger partial charge in [0, 0.05) is 26.1 Å². The summed E-state index contributed by atoms with van der Waals surface area (Å²) in [5.74, 6) is 1.88. The Morgan fingerprint density at radius 1 is 1.35 bits per heavy atom. The van der Waals surface area contributed by atoms with Crippen molar-refractivity contribution in [2.45, 2.75) is 25.4 Å². The lowest BCUT2D eigenvalue weighted by Gasteiger charge is -2.30. The number of hydrogen-bond acceptors (Lipinski definition) is 6.